The molecule has 2 aromatic rings. The molecule has 0 amide bonds. The van der Waals surface area contributed by atoms with Crippen LogP contribution in [0.4, 0.5) is 0 Å². The molecule has 1 heterocycles. The van der Waals surface area contributed by atoms with E-state index in [0.717, 1.165) is 34.5 Å². The van der Waals surface area contributed by atoms with E-state index in [-0.39, 0.29) is 22.0 Å². The molecular formula is C29H31ClO2. The summed E-state index contributed by atoms with van der Waals surface area (Å²) in [5.74, 6) is 1.04. The van der Waals surface area contributed by atoms with Crippen LogP contribution in [-0.4, -0.2) is 5.78 Å². The molecule has 2 nitrogen and oxygen atoms in total. The monoisotopic (exact) mass is 446 g/mol. The molecule has 2 aromatic carbocycles. The highest BCUT2D eigenvalue weighted by atomic mass is 35.5. The molecular weight excluding hydrogens is 416 g/mol. The quantitative estimate of drug-likeness (QED) is 0.474. The number of benzene rings is 2. The zero-order valence-corrected chi connectivity index (χ0v) is 20.6. The second-order valence-corrected chi connectivity index (χ2v) is 11.8. The molecule has 3 heteroatoms. The van der Waals surface area contributed by atoms with Crippen LogP contribution in [-0.2, 0) is 15.1 Å². The highest BCUT2D eigenvalue weighted by Gasteiger charge is 2.66. The van der Waals surface area contributed by atoms with Crippen molar-refractivity contribution in [3.05, 3.63) is 93.2 Å². The maximum atomic E-state index is 13.7. The largest absolute Gasteiger partial charge is 0.477 e. The number of Topliss-reactive ketones (excluding diaryl/α,β-unsaturated/α-hetero) is 1. The Kier molecular flexibility index (Phi) is 4.44. The second kappa shape index (κ2) is 6.60. The van der Waals surface area contributed by atoms with Crippen molar-refractivity contribution >= 4 is 17.4 Å². The summed E-state index contributed by atoms with van der Waals surface area (Å²) in [5.41, 5.74) is 4.24. The number of allylic oxidation sites excluding steroid dienone is 2. The first-order valence-corrected chi connectivity index (χ1v) is 11.8. The lowest BCUT2D eigenvalue weighted by molar-refractivity contribution is -0.118. The third kappa shape index (κ3) is 2.81. The van der Waals surface area contributed by atoms with Gasteiger partial charge in [0.2, 0.25) is 0 Å². The van der Waals surface area contributed by atoms with Gasteiger partial charge >= 0.3 is 0 Å². The van der Waals surface area contributed by atoms with Gasteiger partial charge < -0.3 is 4.74 Å². The van der Waals surface area contributed by atoms with Gasteiger partial charge in [0.15, 0.2) is 11.4 Å². The predicted molar refractivity (Wildman–Crippen MR) is 129 cm³/mol. The molecule has 3 aliphatic rings. The summed E-state index contributed by atoms with van der Waals surface area (Å²) in [6.45, 7) is 13.4. The topological polar surface area (TPSA) is 26.3 Å². The van der Waals surface area contributed by atoms with Crippen LogP contribution in [0.1, 0.15) is 65.5 Å². The number of carbonyl (C=O) groups excluding carboxylic acids is 1. The Balaban J connectivity index is 1.88. The Morgan fingerprint density at radius 2 is 1.34 bits per heavy atom. The van der Waals surface area contributed by atoms with Crippen LogP contribution in [0.15, 0.2) is 77.1 Å². The molecule has 0 radical (unpaired) electrons. The third-order valence-corrected chi connectivity index (χ3v) is 8.40. The molecule has 2 aliphatic carbocycles. The van der Waals surface area contributed by atoms with Gasteiger partial charge in [0.05, 0.1) is 5.57 Å². The van der Waals surface area contributed by atoms with E-state index < -0.39 is 5.60 Å². The standard InChI is InChI=1S/C29H31ClO2/c1-26(2)16-21(31)23-22(17-26)32-29(18-10-8-7-9-11-18,19-12-14-20(30)15-13-19)24(23)25-27(3,4)28(25,5)6/h7-15H,16-17H2,1-6H3. The maximum Gasteiger partial charge on any atom is 0.184 e. The normalized spacial score (nSPS) is 27.3. The van der Waals surface area contributed by atoms with Gasteiger partial charge in [0.25, 0.3) is 0 Å². The molecule has 32 heavy (non-hydrogen) atoms. The van der Waals surface area contributed by atoms with Crippen molar-refractivity contribution in [2.75, 3.05) is 0 Å². The van der Waals surface area contributed by atoms with Gasteiger partial charge in [-0.25, -0.2) is 0 Å². The van der Waals surface area contributed by atoms with Crippen molar-refractivity contribution in [1.29, 1.82) is 0 Å². The molecule has 0 saturated heterocycles. The zero-order valence-electron chi connectivity index (χ0n) is 19.8. The lowest BCUT2D eigenvalue weighted by Crippen LogP contribution is -2.31. The van der Waals surface area contributed by atoms with Crippen molar-refractivity contribution in [2.45, 2.75) is 60.0 Å². The van der Waals surface area contributed by atoms with E-state index in [0.29, 0.717) is 11.4 Å². The molecule has 0 N–H and O–H groups in total. The van der Waals surface area contributed by atoms with Crippen LogP contribution < -0.4 is 0 Å². The minimum Gasteiger partial charge on any atom is -0.477 e. The fourth-order valence-corrected chi connectivity index (χ4v) is 6.06. The Hall–Kier alpha value is -2.32. The van der Waals surface area contributed by atoms with Gasteiger partial charge in [-0.05, 0) is 34.0 Å². The van der Waals surface area contributed by atoms with E-state index in [9.17, 15) is 4.79 Å². The fourth-order valence-electron chi connectivity index (χ4n) is 5.93. The summed E-state index contributed by atoms with van der Waals surface area (Å²) in [6, 6.07) is 18.3. The first kappa shape index (κ1) is 21.5. The molecule has 166 valence electrons. The number of ether oxygens (including phenoxy) is 1. The Morgan fingerprint density at radius 3 is 1.91 bits per heavy atom. The van der Waals surface area contributed by atoms with Crippen molar-refractivity contribution in [1.82, 2.24) is 0 Å². The van der Waals surface area contributed by atoms with E-state index >= 15 is 0 Å². The van der Waals surface area contributed by atoms with E-state index in [1.165, 1.54) is 5.57 Å². The van der Waals surface area contributed by atoms with Gasteiger partial charge in [0.1, 0.15) is 5.76 Å². The summed E-state index contributed by atoms with van der Waals surface area (Å²) < 4.78 is 7.03. The number of rotatable bonds is 2. The Labute approximate surface area is 196 Å². The van der Waals surface area contributed by atoms with Crippen LogP contribution in [0.3, 0.4) is 0 Å². The number of halogens is 1. The molecule has 1 unspecified atom stereocenters. The Morgan fingerprint density at radius 1 is 0.781 bits per heavy atom. The van der Waals surface area contributed by atoms with Gasteiger partial charge in [-0.2, -0.15) is 0 Å². The molecule has 1 saturated carbocycles. The van der Waals surface area contributed by atoms with Crippen LogP contribution in [0.25, 0.3) is 0 Å². The number of ketones is 1. The number of hydrogen-bond donors (Lipinski definition) is 0. The van der Waals surface area contributed by atoms with Crippen LogP contribution in [0.5, 0.6) is 0 Å². The predicted octanol–water partition coefficient (Wildman–Crippen LogP) is 7.62. The highest BCUT2D eigenvalue weighted by molar-refractivity contribution is 6.30. The molecule has 1 fully saturated rings. The van der Waals surface area contributed by atoms with Crippen molar-refractivity contribution < 1.29 is 9.53 Å². The summed E-state index contributed by atoms with van der Waals surface area (Å²) >= 11 is 6.28. The van der Waals surface area contributed by atoms with Gasteiger partial charge in [-0.3, -0.25) is 4.79 Å². The van der Waals surface area contributed by atoms with E-state index in [2.05, 4.69) is 53.7 Å². The van der Waals surface area contributed by atoms with E-state index in [4.69, 9.17) is 16.3 Å². The average Bonchev–Trinajstić information content (AvgIpc) is 2.95. The molecule has 1 atom stereocenters. The summed E-state index contributed by atoms with van der Waals surface area (Å²) in [6.07, 6.45) is 1.30. The zero-order chi connectivity index (χ0) is 23.1. The lowest BCUT2D eigenvalue weighted by atomic mass is 9.71. The molecule has 0 spiro atoms. The minimum atomic E-state index is -0.854. The first-order chi connectivity index (χ1) is 14.9. The van der Waals surface area contributed by atoms with Gasteiger partial charge in [-0.15, -0.1) is 0 Å². The minimum absolute atomic E-state index is 0.0200. The second-order valence-electron chi connectivity index (χ2n) is 11.4. The van der Waals surface area contributed by atoms with Gasteiger partial charge in [0, 0.05) is 34.6 Å². The molecule has 0 aromatic heterocycles. The smallest absolute Gasteiger partial charge is 0.184 e. The van der Waals surface area contributed by atoms with Crippen LogP contribution in [0.2, 0.25) is 5.02 Å². The maximum absolute atomic E-state index is 13.7. The summed E-state index contributed by atoms with van der Waals surface area (Å²) in [4.78, 5) is 13.7. The molecule has 5 rings (SSSR count). The molecule has 0 bridgehead atoms. The molecule has 1 aliphatic heterocycles. The number of carbonyl (C=O) groups is 1. The van der Waals surface area contributed by atoms with Crippen LogP contribution >= 0.6 is 11.6 Å². The van der Waals surface area contributed by atoms with Crippen molar-refractivity contribution in [3.63, 3.8) is 0 Å². The number of hydrogen-bond acceptors (Lipinski definition) is 2. The highest BCUT2D eigenvalue weighted by Crippen LogP contribution is 2.73. The SMILES string of the molecule is CC1(C)CC(=O)C2=C(C1)OC(c1ccccc1)(c1ccc(Cl)cc1)C2=C1C(C)(C)C1(C)C. The fraction of sp³-hybridized carbons (Fsp3) is 0.414. The average molecular weight is 447 g/mol. The lowest BCUT2D eigenvalue weighted by Gasteiger charge is -2.34. The summed E-state index contributed by atoms with van der Waals surface area (Å²) in [7, 11) is 0. The summed E-state index contributed by atoms with van der Waals surface area (Å²) in [5, 5.41) is 0.686. The third-order valence-electron chi connectivity index (χ3n) is 8.15. The van der Waals surface area contributed by atoms with Gasteiger partial charge in [-0.1, -0.05) is 95.6 Å². The van der Waals surface area contributed by atoms with Crippen molar-refractivity contribution in [3.8, 4) is 0 Å². The first-order valence-electron chi connectivity index (χ1n) is 11.4. The van der Waals surface area contributed by atoms with Crippen molar-refractivity contribution in [2.24, 2.45) is 16.2 Å². The van der Waals surface area contributed by atoms with E-state index in [1.807, 2.05) is 42.5 Å². The van der Waals surface area contributed by atoms with E-state index in [1.54, 1.807) is 0 Å². The van der Waals surface area contributed by atoms with Crippen LogP contribution in [0, 0.1) is 16.2 Å². The Bertz CT molecular complexity index is 1160.